The molecule has 8 nitrogen and oxygen atoms in total. The first-order valence-electron chi connectivity index (χ1n) is 10.1. The third kappa shape index (κ3) is 2.72. The van der Waals surface area contributed by atoms with E-state index in [9.17, 15) is 9.59 Å². The minimum atomic E-state index is -0.752. The molecule has 4 heterocycles. The van der Waals surface area contributed by atoms with Gasteiger partial charge in [0.05, 0.1) is 23.4 Å². The number of carbonyl (C=O) groups is 2. The molecule has 2 amide bonds. The van der Waals surface area contributed by atoms with Crippen LogP contribution in [0.4, 0.5) is 0 Å². The summed E-state index contributed by atoms with van der Waals surface area (Å²) in [5.74, 6) is -0.872. The fraction of sp³-hybridized carbons (Fsp3) is 0.174. The number of nitrogens with zero attached hydrogens (tertiary/aromatic N) is 4. The van der Waals surface area contributed by atoms with Crippen molar-refractivity contribution in [3.63, 3.8) is 0 Å². The summed E-state index contributed by atoms with van der Waals surface area (Å²) >= 11 is 0. The van der Waals surface area contributed by atoms with E-state index < -0.39 is 11.9 Å². The van der Waals surface area contributed by atoms with Crippen molar-refractivity contribution in [2.45, 2.75) is 25.4 Å². The Bertz CT molecular complexity index is 1410. The molecule has 1 atom stereocenters. The standard InChI is InChI=1S/C23H18N6O2/c24-22(30)19-11-29-21(23(31)27-19)15-6-5-13-9-26-18(8-16(13)20(15)28-29)14-7-12-3-1-2-4-17(12)25-10-14/h1-4,7-10,19H,5-6,11H2,(H2,24,30)(H,27,31). The van der Waals surface area contributed by atoms with E-state index in [1.807, 2.05) is 42.7 Å². The maximum atomic E-state index is 12.7. The number of benzene rings is 1. The number of nitrogens with two attached hydrogens (primary N) is 1. The topological polar surface area (TPSA) is 116 Å². The molecule has 1 aliphatic carbocycles. The number of carbonyl (C=O) groups excluding carboxylic acids is 2. The van der Waals surface area contributed by atoms with Gasteiger partial charge in [-0.15, -0.1) is 0 Å². The van der Waals surface area contributed by atoms with E-state index in [1.165, 1.54) is 0 Å². The second-order valence-electron chi connectivity index (χ2n) is 7.93. The highest BCUT2D eigenvalue weighted by molar-refractivity contribution is 6.00. The highest BCUT2D eigenvalue weighted by atomic mass is 16.2. The van der Waals surface area contributed by atoms with Gasteiger partial charge in [0.25, 0.3) is 5.91 Å². The summed E-state index contributed by atoms with van der Waals surface area (Å²) in [4.78, 5) is 33.5. The lowest BCUT2D eigenvalue weighted by atomic mass is 9.89. The third-order valence-corrected chi connectivity index (χ3v) is 6.04. The molecule has 0 bridgehead atoms. The maximum absolute atomic E-state index is 12.7. The van der Waals surface area contributed by atoms with Crippen LogP contribution in [0.25, 0.3) is 33.4 Å². The Hall–Kier alpha value is -4.07. The Morgan fingerprint density at radius 3 is 2.87 bits per heavy atom. The number of rotatable bonds is 2. The zero-order valence-corrected chi connectivity index (χ0v) is 16.5. The quantitative estimate of drug-likeness (QED) is 0.523. The van der Waals surface area contributed by atoms with Crippen molar-refractivity contribution in [2.75, 3.05) is 0 Å². The van der Waals surface area contributed by atoms with E-state index in [0.29, 0.717) is 12.1 Å². The lowest BCUT2D eigenvalue weighted by molar-refractivity contribution is -0.120. The first-order valence-corrected chi connectivity index (χ1v) is 10.1. The van der Waals surface area contributed by atoms with Crippen molar-refractivity contribution < 1.29 is 9.59 Å². The largest absolute Gasteiger partial charge is 0.368 e. The monoisotopic (exact) mass is 410 g/mol. The zero-order chi connectivity index (χ0) is 21.1. The van der Waals surface area contributed by atoms with Crippen LogP contribution < -0.4 is 11.1 Å². The van der Waals surface area contributed by atoms with Gasteiger partial charge < -0.3 is 11.1 Å². The first kappa shape index (κ1) is 17.8. The van der Waals surface area contributed by atoms with Crippen LogP contribution in [-0.2, 0) is 24.2 Å². The highest BCUT2D eigenvalue weighted by Crippen LogP contribution is 2.37. The number of para-hydroxylation sites is 1. The number of aryl methyl sites for hydroxylation is 1. The molecule has 1 aliphatic heterocycles. The SMILES string of the molecule is NC(=O)C1Cn2nc3c(c2C(=O)N1)CCc1cnc(-c2cnc4ccccc4c2)cc1-3. The van der Waals surface area contributed by atoms with E-state index >= 15 is 0 Å². The molecule has 0 spiro atoms. The number of nitrogens with one attached hydrogen (secondary N) is 1. The van der Waals surface area contributed by atoms with E-state index in [0.717, 1.165) is 51.0 Å². The van der Waals surface area contributed by atoms with Crippen LogP contribution in [0.15, 0.2) is 48.8 Å². The molecule has 1 unspecified atom stereocenters. The molecule has 4 aromatic rings. The van der Waals surface area contributed by atoms with E-state index in [2.05, 4.69) is 21.4 Å². The van der Waals surface area contributed by atoms with Gasteiger partial charge in [0.15, 0.2) is 0 Å². The minimum absolute atomic E-state index is 0.241. The van der Waals surface area contributed by atoms with Crippen LogP contribution in [0.1, 0.15) is 21.6 Å². The van der Waals surface area contributed by atoms with Gasteiger partial charge in [-0.2, -0.15) is 5.10 Å². The number of aromatic nitrogens is 4. The average molecular weight is 410 g/mol. The van der Waals surface area contributed by atoms with Gasteiger partial charge in [-0.1, -0.05) is 18.2 Å². The summed E-state index contributed by atoms with van der Waals surface area (Å²) in [5, 5.41) is 8.44. The van der Waals surface area contributed by atoms with Gasteiger partial charge >= 0.3 is 0 Å². The second kappa shape index (κ2) is 6.46. The van der Waals surface area contributed by atoms with E-state index in [1.54, 1.807) is 4.68 Å². The van der Waals surface area contributed by atoms with Gasteiger partial charge in [-0.3, -0.25) is 24.2 Å². The average Bonchev–Trinajstić information content (AvgIpc) is 3.18. The molecular weight excluding hydrogens is 392 g/mol. The maximum Gasteiger partial charge on any atom is 0.270 e. The van der Waals surface area contributed by atoms with Crippen LogP contribution >= 0.6 is 0 Å². The fourth-order valence-electron chi connectivity index (χ4n) is 4.48. The van der Waals surface area contributed by atoms with Gasteiger partial charge in [-0.25, -0.2) is 0 Å². The van der Waals surface area contributed by atoms with Crippen LogP contribution in [0.2, 0.25) is 0 Å². The molecule has 0 saturated carbocycles. The second-order valence-corrected chi connectivity index (χ2v) is 7.93. The Morgan fingerprint density at radius 2 is 2.00 bits per heavy atom. The molecular formula is C23H18N6O2. The smallest absolute Gasteiger partial charge is 0.270 e. The van der Waals surface area contributed by atoms with Crippen molar-refractivity contribution in [1.29, 1.82) is 0 Å². The van der Waals surface area contributed by atoms with Crippen molar-refractivity contribution in [3.05, 3.63) is 65.6 Å². The first-order chi connectivity index (χ1) is 15.1. The Morgan fingerprint density at radius 1 is 1.13 bits per heavy atom. The fourth-order valence-corrected chi connectivity index (χ4v) is 4.48. The molecule has 3 aromatic heterocycles. The summed E-state index contributed by atoms with van der Waals surface area (Å²) < 4.78 is 1.62. The number of fused-ring (bicyclic) bond motifs is 6. The summed E-state index contributed by atoms with van der Waals surface area (Å²) in [6, 6.07) is 11.3. The molecule has 0 saturated heterocycles. The molecule has 152 valence electrons. The predicted octanol–water partition coefficient (Wildman–Crippen LogP) is 1.86. The number of primary amides is 1. The molecule has 8 heteroatoms. The lowest BCUT2D eigenvalue weighted by Crippen LogP contribution is -2.51. The van der Waals surface area contributed by atoms with Crippen LogP contribution in [0.3, 0.4) is 0 Å². The summed E-state index contributed by atoms with van der Waals surface area (Å²) in [5.41, 5.74) is 12.3. The van der Waals surface area contributed by atoms with Crippen molar-refractivity contribution in [3.8, 4) is 22.5 Å². The third-order valence-electron chi connectivity index (χ3n) is 6.04. The minimum Gasteiger partial charge on any atom is -0.368 e. The number of pyridine rings is 2. The van der Waals surface area contributed by atoms with Gasteiger partial charge in [0.2, 0.25) is 5.91 Å². The number of hydrogen-bond acceptors (Lipinski definition) is 5. The molecule has 2 aliphatic rings. The van der Waals surface area contributed by atoms with Gasteiger partial charge in [0, 0.05) is 34.5 Å². The van der Waals surface area contributed by atoms with Crippen molar-refractivity contribution in [2.24, 2.45) is 5.73 Å². The zero-order valence-electron chi connectivity index (χ0n) is 16.5. The lowest BCUT2D eigenvalue weighted by Gasteiger charge is -2.23. The van der Waals surface area contributed by atoms with Crippen molar-refractivity contribution >= 4 is 22.7 Å². The van der Waals surface area contributed by atoms with E-state index in [-0.39, 0.29) is 12.5 Å². The molecule has 0 fully saturated rings. The normalized spacial score (nSPS) is 16.9. The molecule has 3 N–H and O–H groups in total. The summed E-state index contributed by atoms with van der Waals surface area (Å²) in [6.45, 7) is 0.241. The van der Waals surface area contributed by atoms with Crippen LogP contribution in [0.5, 0.6) is 0 Å². The van der Waals surface area contributed by atoms with Gasteiger partial charge in [-0.05, 0) is 36.6 Å². The van der Waals surface area contributed by atoms with Crippen molar-refractivity contribution in [1.82, 2.24) is 25.1 Å². The summed E-state index contributed by atoms with van der Waals surface area (Å²) in [6.07, 6.45) is 5.18. The Labute approximate surface area is 177 Å². The number of amides is 2. The number of hydrogen-bond donors (Lipinski definition) is 2. The Balaban J connectivity index is 1.47. The van der Waals surface area contributed by atoms with Crippen LogP contribution in [-0.4, -0.2) is 37.6 Å². The molecule has 0 radical (unpaired) electrons. The molecule has 6 rings (SSSR count). The summed E-state index contributed by atoms with van der Waals surface area (Å²) in [7, 11) is 0. The van der Waals surface area contributed by atoms with Crippen LogP contribution in [0, 0.1) is 0 Å². The van der Waals surface area contributed by atoms with E-state index in [4.69, 9.17) is 10.8 Å². The Kier molecular flexibility index (Phi) is 3.70. The molecule has 1 aromatic carbocycles. The molecule has 31 heavy (non-hydrogen) atoms. The predicted molar refractivity (Wildman–Crippen MR) is 114 cm³/mol. The van der Waals surface area contributed by atoms with Gasteiger partial charge in [0.1, 0.15) is 11.7 Å². The highest BCUT2D eigenvalue weighted by Gasteiger charge is 2.35.